The molecule has 0 aromatic heterocycles. The van der Waals surface area contributed by atoms with Crippen molar-refractivity contribution < 1.29 is 7.86 Å². The molecule has 0 atom stereocenters. The van der Waals surface area contributed by atoms with E-state index >= 15 is 0 Å². The van der Waals surface area contributed by atoms with Gasteiger partial charge in [-0.1, -0.05) is 0 Å². The number of carbonyl (C=O) groups excluding carboxylic acids is 1. The quantitative estimate of drug-likeness (QED) is 0.437. The molecule has 0 radical (unpaired) electrons. The van der Waals surface area contributed by atoms with Crippen LogP contribution in [-0.4, -0.2) is 15.3 Å². The number of carbonyl (C=O) groups is 1. The SMILES string of the molecule is CC1(C)CCCI(OC=O)C1. The molecule has 1 fully saturated rings. The topological polar surface area (TPSA) is 26.3 Å². The van der Waals surface area contributed by atoms with Gasteiger partial charge in [-0.15, -0.1) is 0 Å². The number of halogens is 1. The van der Waals surface area contributed by atoms with Crippen molar-refractivity contribution in [1.29, 1.82) is 0 Å². The van der Waals surface area contributed by atoms with Crippen LogP contribution >= 0.6 is 20.2 Å². The molecule has 1 aliphatic rings. The molecular weight excluding hydrogens is 255 g/mol. The maximum absolute atomic E-state index is 10.1. The molecule has 11 heavy (non-hydrogen) atoms. The predicted octanol–water partition coefficient (Wildman–Crippen LogP) is 2.40. The van der Waals surface area contributed by atoms with Crippen LogP contribution in [0.3, 0.4) is 0 Å². The van der Waals surface area contributed by atoms with Crippen molar-refractivity contribution in [2.75, 3.05) is 8.86 Å². The fourth-order valence-electron chi connectivity index (χ4n) is 1.36. The van der Waals surface area contributed by atoms with Crippen molar-refractivity contribution in [3.8, 4) is 0 Å². The van der Waals surface area contributed by atoms with Gasteiger partial charge >= 0.3 is 75.5 Å². The summed E-state index contributed by atoms with van der Waals surface area (Å²) in [5.74, 6) is 0. The van der Waals surface area contributed by atoms with Gasteiger partial charge in [0.05, 0.1) is 0 Å². The maximum atomic E-state index is 10.1. The first-order valence-electron chi connectivity index (χ1n) is 3.87. The summed E-state index contributed by atoms with van der Waals surface area (Å²) >= 11 is -1.29. The Bertz CT molecular complexity index is 145. The summed E-state index contributed by atoms with van der Waals surface area (Å²) in [6.07, 6.45) is 2.55. The Balaban J connectivity index is 2.39. The second-order valence-electron chi connectivity index (χ2n) is 3.68. The first kappa shape index (κ1) is 9.29. The normalized spacial score (nSPS) is 26.2. The van der Waals surface area contributed by atoms with Crippen molar-refractivity contribution in [2.45, 2.75) is 26.7 Å². The Morgan fingerprint density at radius 1 is 1.55 bits per heavy atom. The van der Waals surface area contributed by atoms with E-state index in [4.69, 9.17) is 3.07 Å². The second kappa shape index (κ2) is 3.74. The Hall–Kier alpha value is 0.200. The molecule has 0 spiro atoms. The summed E-state index contributed by atoms with van der Waals surface area (Å²) in [4.78, 5) is 10.1. The number of rotatable bonds is 2. The molecule has 0 amide bonds. The van der Waals surface area contributed by atoms with E-state index in [1.54, 1.807) is 0 Å². The average Bonchev–Trinajstić information content (AvgIpc) is 1.85. The van der Waals surface area contributed by atoms with Crippen molar-refractivity contribution in [2.24, 2.45) is 5.41 Å². The van der Waals surface area contributed by atoms with E-state index in [1.807, 2.05) is 0 Å². The first-order chi connectivity index (χ1) is 5.14. The molecule has 1 rings (SSSR count). The van der Waals surface area contributed by atoms with Gasteiger partial charge in [0.15, 0.2) is 0 Å². The molecule has 0 N–H and O–H groups in total. The van der Waals surface area contributed by atoms with E-state index in [-0.39, 0.29) is 0 Å². The first-order valence-corrected chi connectivity index (χ1v) is 7.80. The van der Waals surface area contributed by atoms with Crippen LogP contribution in [0.25, 0.3) is 0 Å². The Morgan fingerprint density at radius 2 is 2.27 bits per heavy atom. The molecule has 1 saturated heterocycles. The zero-order valence-electron chi connectivity index (χ0n) is 7.10. The van der Waals surface area contributed by atoms with Crippen LogP contribution in [-0.2, 0) is 7.86 Å². The zero-order chi connectivity index (χ0) is 8.32. The third-order valence-electron chi connectivity index (χ3n) is 1.87. The molecule has 1 heterocycles. The van der Waals surface area contributed by atoms with Gasteiger partial charge in [0.2, 0.25) is 0 Å². The molecule has 0 bridgehead atoms. The van der Waals surface area contributed by atoms with E-state index in [0.29, 0.717) is 11.9 Å². The fourth-order valence-corrected chi connectivity index (χ4v) is 6.38. The van der Waals surface area contributed by atoms with Crippen molar-refractivity contribution in [1.82, 2.24) is 0 Å². The standard InChI is InChI=1S/C8H15IO2/c1-8(2)4-3-5-9(6-8)11-7-10/h7H,3-6H2,1-2H3. The average molecular weight is 270 g/mol. The van der Waals surface area contributed by atoms with Crippen LogP contribution in [0.1, 0.15) is 26.7 Å². The summed E-state index contributed by atoms with van der Waals surface area (Å²) < 4.78 is 7.47. The Kier molecular flexibility index (Phi) is 3.16. The molecule has 3 heteroatoms. The predicted molar refractivity (Wildman–Crippen MR) is 53.9 cm³/mol. The molecule has 0 saturated carbocycles. The summed E-state index contributed by atoms with van der Waals surface area (Å²) in [5, 5.41) is 0. The van der Waals surface area contributed by atoms with E-state index < -0.39 is 20.2 Å². The van der Waals surface area contributed by atoms with Crippen LogP contribution in [0, 0.1) is 5.41 Å². The van der Waals surface area contributed by atoms with Crippen molar-refractivity contribution in [3.05, 3.63) is 0 Å². The molecule has 0 aromatic carbocycles. The number of alkyl halides is 2. The van der Waals surface area contributed by atoms with E-state index in [0.717, 1.165) is 0 Å². The third-order valence-corrected chi connectivity index (χ3v) is 7.68. The summed E-state index contributed by atoms with van der Waals surface area (Å²) in [7, 11) is 0. The van der Waals surface area contributed by atoms with E-state index in [1.165, 1.54) is 21.7 Å². The van der Waals surface area contributed by atoms with E-state index in [9.17, 15) is 4.79 Å². The van der Waals surface area contributed by atoms with Gasteiger partial charge < -0.3 is 0 Å². The van der Waals surface area contributed by atoms with Gasteiger partial charge in [0.25, 0.3) is 0 Å². The van der Waals surface area contributed by atoms with Crippen molar-refractivity contribution >= 4 is 26.7 Å². The van der Waals surface area contributed by atoms with Crippen LogP contribution in [0.5, 0.6) is 0 Å². The van der Waals surface area contributed by atoms with Crippen LogP contribution in [0.4, 0.5) is 0 Å². The van der Waals surface area contributed by atoms with Gasteiger partial charge in [-0.05, 0) is 0 Å². The number of hydrogen-bond donors (Lipinski definition) is 0. The zero-order valence-corrected chi connectivity index (χ0v) is 9.26. The van der Waals surface area contributed by atoms with Crippen LogP contribution < -0.4 is 0 Å². The minimum absolute atomic E-state index is 0.437. The van der Waals surface area contributed by atoms with Gasteiger partial charge in [0.1, 0.15) is 0 Å². The molecular formula is C8H15IO2. The second-order valence-corrected chi connectivity index (χ2v) is 8.36. The van der Waals surface area contributed by atoms with E-state index in [2.05, 4.69) is 13.8 Å². The fraction of sp³-hybridized carbons (Fsp3) is 0.875. The molecule has 0 aromatic rings. The third kappa shape index (κ3) is 2.97. The van der Waals surface area contributed by atoms with Crippen LogP contribution in [0.15, 0.2) is 0 Å². The van der Waals surface area contributed by atoms with Gasteiger partial charge in [-0.25, -0.2) is 0 Å². The summed E-state index contributed by atoms with van der Waals surface area (Å²) in [6, 6.07) is 0. The molecule has 0 unspecified atom stereocenters. The van der Waals surface area contributed by atoms with Crippen molar-refractivity contribution in [3.63, 3.8) is 0 Å². The molecule has 2 nitrogen and oxygen atoms in total. The van der Waals surface area contributed by atoms with Gasteiger partial charge in [-0.3, -0.25) is 0 Å². The Morgan fingerprint density at radius 3 is 2.82 bits per heavy atom. The Labute approximate surface area is 75.6 Å². The number of hydrogen-bond acceptors (Lipinski definition) is 2. The summed E-state index contributed by atoms with van der Waals surface area (Å²) in [6.45, 7) is 5.18. The summed E-state index contributed by atoms with van der Waals surface area (Å²) in [5.41, 5.74) is 0.437. The molecule has 0 aliphatic carbocycles. The minimum atomic E-state index is -1.29. The van der Waals surface area contributed by atoms with Gasteiger partial charge in [-0.2, -0.15) is 0 Å². The van der Waals surface area contributed by atoms with Crippen LogP contribution in [0.2, 0.25) is 0 Å². The monoisotopic (exact) mass is 270 g/mol. The molecule has 66 valence electrons. The van der Waals surface area contributed by atoms with Gasteiger partial charge in [0, 0.05) is 0 Å². The molecule has 1 aliphatic heterocycles.